The van der Waals surface area contributed by atoms with E-state index in [0.717, 1.165) is 0 Å². The molecular formula is C10H12N2O3. The molecule has 0 aliphatic rings. The zero-order valence-electron chi connectivity index (χ0n) is 8.23. The summed E-state index contributed by atoms with van der Waals surface area (Å²) in [4.78, 5) is 22.5. The second-order valence-corrected chi connectivity index (χ2v) is 3.02. The lowest BCUT2D eigenvalue weighted by Gasteiger charge is -2.22. The molecule has 5 nitrogen and oxygen atoms in total. The summed E-state index contributed by atoms with van der Waals surface area (Å²) in [5.74, 6) is -1.95. The Morgan fingerprint density at radius 3 is 2.27 bits per heavy atom. The first-order valence-corrected chi connectivity index (χ1v) is 4.33. The zero-order valence-corrected chi connectivity index (χ0v) is 8.23. The number of nitrogens with two attached hydrogens (primary N) is 1. The fourth-order valence-electron chi connectivity index (χ4n) is 1.25. The summed E-state index contributed by atoms with van der Waals surface area (Å²) in [7, 11) is 1.32. The van der Waals surface area contributed by atoms with Crippen molar-refractivity contribution in [2.75, 3.05) is 7.05 Å². The number of carbonyl (C=O) groups is 2. The molecule has 0 aromatic heterocycles. The van der Waals surface area contributed by atoms with Crippen LogP contribution in [-0.2, 0) is 15.2 Å². The third kappa shape index (κ3) is 1.82. The van der Waals surface area contributed by atoms with E-state index in [2.05, 4.69) is 5.32 Å². The molecule has 0 heterocycles. The summed E-state index contributed by atoms with van der Waals surface area (Å²) in [6, 6.07) is 7.83. The Kier molecular flexibility index (Phi) is 3.06. The highest BCUT2D eigenvalue weighted by atomic mass is 16.3. The minimum absolute atomic E-state index is 0.150. The van der Waals surface area contributed by atoms with Crippen LogP contribution in [0.5, 0.6) is 0 Å². The number of likely N-dealkylation sites (N-methyl/N-ethyl adjacent to an activating group) is 1. The Bertz CT molecular complexity index is 378. The number of hydrogen-bond acceptors (Lipinski definition) is 3. The monoisotopic (exact) mass is 208 g/mol. The SMILES string of the molecule is CNC(=O)C(O)(C(N)=O)c1ccccc1. The lowest BCUT2D eigenvalue weighted by Crippen LogP contribution is -2.52. The highest BCUT2D eigenvalue weighted by Crippen LogP contribution is 2.20. The molecule has 0 saturated heterocycles. The van der Waals surface area contributed by atoms with Crippen LogP contribution in [0.2, 0.25) is 0 Å². The maximum absolute atomic E-state index is 11.4. The minimum atomic E-state index is -2.31. The maximum atomic E-state index is 11.4. The predicted octanol–water partition coefficient (Wildman–Crippen LogP) is -0.894. The molecule has 1 aromatic carbocycles. The van der Waals surface area contributed by atoms with Gasteiger partial charge in [-0.15, -0.1) is 0 Å². The average Bonchev–Trinajstić information content (AvgIpc) is 2.27. The van der Waals surface area contributed by atoms with Gasteiger partial charge in [-0.2, -0.15) is 0 Å². The van der Waals surface area contributed by atoms with E-state index >= 15 is 0 Å². The van der Waals surface area contributed by atoms with Crippen molar-refractivity contribution in [1.29, 1.82) is 0 Å². The van der Waals surface area contributed by atoms with Crippen molar-refractivity contribution in [3.8, 4) is 0 Å². The first-order chi connectivity index (χ1) is 7.03. The molecule has 0 radical (unpaired) electrons. The maximum Gasteiger partial charge on any atom is 0.266 e. The molecule has 0 spiro atoms. The topological polar surface area (TPSA) is 92.4 Å². The number of amides is 2. The van der Waals surface area contributed by atoms with Gasteiger partial charge in [-0.25, -0.2) is 0 Å². The summed E-state index contributed by atoms with van der Waals surface area (Å²) < 4.78 is 0. The van der Waals surface area contributed by atoms with Crippen LogP contribution in [-0.4, -0.2) is 24.0 Å². The molecule has 5 heteroatoms. The first-order valence-electron chi connectivity index (χ1n) is 4.33. The number of aliphatic hydroxyl groups is 1. The van der Waals surface area contributed by atoms with E-state index in [-0.39, 0.29) is 5.56 Å². The van der Waals surface area contributed by atoms with E-state index in [9.17, 15) is 14.7 Å². The fourth-order valence-corrected chi connectivity index (χ4v) is 1.25. The van der Waals surface area contributed by atoms with Crippen molar-refractivity contribution >= 4 is 11.8 Å². The second kappa shape index (κ2) is 4.10. The summed E-state index contributed by atoms with van der Waals surface area (Å²) >= 11 is 0. The van der Waals surface area contributed by atoms with Gasteiger partial charge in [0.15, 0.2) is 0 Å². The van der Waals surface area contributed by atoms with E-state index in [1.807, 2.05) is 0 Å². The fraction of sp³-hybridized carbons (Fsp3) is 0.200. The van der Waals surface area contributed by atoms with Crippen molar-refractivity contribution in [3.05, 3.63) is 35.9 Å². The van der Waals surface area contributed by atoms with Crippen LogP contribution < -0.4 is 11.1 Å². The van der Waals surface area contributed by atoms with Gasteiger partial charge < -0.3 is 16.2 Å². The quantitative estimate of drug-likeness (QED) is 0.562. The Hall–Kier alpha value is -1.88. The van der Waals surface area contributed by atoms with Crippen LogP contribution in [0.15, 0.2) is 30.3 Å². The minimum Gasteiger partial charge on any atom is -0.368 e. The highest BCUT2D eigenvalue weighted by Gasteiger charge is 2.43. The first kappa shape index (κ1) is 11.2. The van der Waals surface area contributed by atoms with E-state index in [4.69, 9.17) is 5.73 Å². The van der Waals surface area contributed by atoms with Gasteiger partial charge in [-0.1, -0.05) is 30.3 Å². The van der Waals surface area contributed by atoms with Crippen molar-refractivity contribution < 1.29 is 14.7 Å². The van der Waals surface area contributed by atoms with Crippen LogP contribution >= 0.6 is 0 Å². The molecule has 4 N–H and O–H groups in total. The Balaban J connectivity index is 3.25. The third-order valence-corrected chi connectivity index (χ3v) is 2.10. The zero-order chi connectivity index (χ0) is 11.5. The molecule has 0 aliphatic carbocycles. The summed E-state index contributed by atoms with van der Waals surface area (Å²) in [5.41, 5.74) is 2.87. The van der Waals surface area contributed by atoms with Gasteiger partial charge in [0.05, 0.1) is 0 Å². The molecule has 1 unspecified atom stereocenters. The molecule has 0 bridgehead atoms. The Morgan fingerprint density at radius 2 is 1.87 bits per heavy atom. The normalized spacial score (nSPS) is 14.0. The van der Waals surface area contributed by atoms with Gasteiger partial charge in [-0.05, 0) is 0 Å². The van der Waals surface area contributed by atoms with Gasteiger partial charge in [0.1, 0.15) is 0 Å². The van der Waals surface area contributed by atoms with Crippen molar-refractivity contribution in [2.24, 2.45) is 5.73 Å². The number of rotatable bonds is 3. The molecule has 80 valence electrons. The molecule has 1 aromatic rings. The van der Waals surface area contributed by atoms with Gasteiger partial charge in [-0.3, -0.25) is 9.59 Å². The van der Waals surface area contributed by atoms with Gasteiger partial charge in [0, 0.05) is 12.6 Å². The summed E-state index contributed by atoms with van der Waals surface area (Å²) in [6.07, 6.45) is 0. The van der Waals surface area contributed by atoms with E-state index in [0.29, 0.717) is 0 Å². The summed E-state index contributed by atoms with van der Waals surface area (Å²) in [5, 5.41) is 12.1. The molecule has 1 rings (SSSR count). The molecule has 0 fully saturated rings. The lowest BCUT2D eigenvalue weighted by molar-refractivity contribution is -0.152. The Labute approximate surface area is 86.9 Å². The van der Waals surface area contributed by atoms with Crippen molar-refractivity contribution in [3.63, 3.8) is 0 Å². The van der Waals surface area contributed by atoms with Crippen LogP contribution in [0.1, 0.15) is 5.56 Å². The third-order valence-electron chi connectivity index (χ3n) is 2.10. The molecule has 15 heavy (non-hydrogen) atoms. The number of hydrogen-bond donors (Lipinski definition) is 3. The largest absolute Gasteiger partial charge is 0.368 e. The van der Waals surface area contributed by atoms with Crippen LogP contribution in [0, 0.1) is 0 Å². The van der Waals surface area contributed by atoms with E-state index < -0.39 is 17.4 Å². The van der Waals surface area contributed by atoms with E-state index in [1.54, 1.807) is 18.2 Å². The Morgan fingerprint density at radius 1 is 1.33 bits per heavy atom. The van der Waals surface area contributed by atoms with Crippen LogP contribution in [0.3, 0.4) is 0 Å². The smallest absolute Gasteiger partial charge is 0.266 e. The van der Waals surface area contributed by atoms with Crippen molar-refractivity contribution in [2.45, 2.75) is 5.60 Å². The van der Waals surface area contributed by atoms with Gasteiger partial charge in [0.25, 0.3) is 11.8 Å². The highest BCUT2D eigenvalue weighted by molar-refractivity contribution is 6.08. The number of carbonyl (C=O) groups excluding carboxylic acids is 2. The number of nitrogens with one attached hydrogen (secondary N) is 1. The number of benzene rings is 1. The van der Waals surface area contributed by atoms with Gasteiger partial charge >= 0.3 is 0 Å². The average molecular weight is 208 g/mol. The standard InChI is InChI=1S/C10H12N2O3/c1-12-9(14)10(15,8(11)13)7-5-3-2-4-6-7/h2-6,15H,1H3,(H2,11,13)(H,12,14). The molecule has 0 aliphatic heterocycles. The van der Waals surface area contributed by atoms with E-state index in [1.165, 1.54) is 19.2 Å². The predicted molar refractivity (Wildman–Crippen MR) is 53.6 cm³/mol. The van der Waals surface area contributed by atoms with Crippen LogP contribution in [0.4, 0.5) is 0 Å². The molecular weight excluding hydrogens is 196 g/mol. The number of primary amides is 1. The molecule has 2 amide bonds. The second-order valence-electron chi connectivity index (χ2n) is 3.02. The summed E-state index contributed by atoms with van der Waals surface area (Å²) in [6.45, 7) is 0. The lowest BCUT2D eigenvalue weighted by atomic mass is 9.92. The van der Waals surface area contributed by atoms with Crippen molar-refractivity contribution in [1.82, 2.24) is 5.32 Å². The molecule has 0 saturated carbocycles. The van der Waals surface area contributed by atoms with Gasteiger partial charge in [0.2, 0.25) is 5.60 Å². The molecule has 1 atom stereocenters. The van der Waals surface area contributed by atoms with Crippen LogP contribution in [0.25, 0.3) is 0 Å².